The number of benzene rings is 1. The van der Waals surface area contributed by atoms with Crippen molar-refractivity contribution in [2.75, 3.05) is 5.32 Å². The molecule has 0 saturated heterocycles. The van der Waals surface area contributed by atoms with Gasteiger partial charge in [-0.15, -0.1) is 0 Å². The molecule has 0 aliphatic carbocycles. The second kappa shape index (κ2) is 6.37. The lowest BCUT2D eigenvalue weighted by Crippen LogP contribution is -2.28. The molecular formula is C14H12Br2N2O2. The standard InChI is InChI=1S/C14H12Br2N2O2/c1-9-5-11(16)7-18(14(9)20)8-13(19)17-12-4-2-3-10(15)6-12/h2-7H,8H2,1H3,(H,17,19). The van der Waals surface area contributed by atoms with Crippen LogP contribution in [0.15, 0.2) is 50.3 Å². The first-order chi connectivity index (χ1) is 9.45. The van der Waals surface area contributed by atoms with Crippen molar-refractivity contribution in [2.45, 2.75) is 13.5 Å². The number of nitrogens with zero attached hydrogens (tertiary/aromatic N) is 1. The largest absolute Gasteiger partial charge is 0.324 e. The number of hydrogen-bond donors (Lipinski definition) is 1. The van der Waals surface area contributed by atoms with E-state index in [9.17, 15) is 9.59 Å². The maximum absolute atomic E-state index is 12.0. The Morgan fingerprint density at radius 2 is 2.00 bits per heavy atom. The van der Waals surface area contributed by atoms with Gasteiger partial charge in [0.2, 0.25) is 5.91 Å². The summed E-state index contributed by atoms with van der Waals surface area (Å²) in [4.78, 5) is 23.9. The predicted octanol–water partition coefficient (Wildman–Crippen LogP) is 3.32. The Bertz CT molecular complexity index is 711. The van der Waals surface area contributed by atoms with Crippen LogP contribution in [-0.2, 0) is 11.3 Å². The van der Waals surface area contributed by atoms with Crippen molar-refractivity contribution in [3.8, 4) is 0 Å². The van der Waals surface area contributed by atoms with Gasteiger partial charge in [-0.3, -0.25) is 9.59 Å². The molecule has 2 rings (SSSR count). The minimum atomic E-state index is -0.247. The van der Waals surface area contributed by atoms with E-state index in [1.54, 1.807) is 31.3 Å². The summed E-state index contributed by atoms with van der Waals surface area (Å²) in [7, 11) is 0. The van der Waals surface area contributed by atoms with Crippen LogP contribution < -0.4 is 10.9 Å². The maximum Gasteiger partial charge on any atom is 0.253 e. The fourth-order valence-electron chi connectivity index (χ4n) is 1.78. The number of nitrogens with one attached hydrogen (secondary N) is 1. The first kappa shape index (κ1) is 15.0. The first-order valence-electron chi connectivity index (χ1n) is 5.88. The van der Waals surface area contributed by atoms with E-state index in [1.807, 2.05) is 12.1 Å². The lowest BCUT2D eigenvalue weighted by molar-refractivity contribution is -0.116. The molecule has 1 aromatic carbocycles. The topological polar surface area (TPSA) is 51.1 Å². The Kier molecular flexibility index (Phi) is 4.77. The van der Waals surface area contributed by atoms with Crippen LogP contribution in [0.5, 0.6) is 0 Å². The zero-order valence-electron chi connectivity index (χ0n) is 10.7. The van der Waals surface area contributed by atoms with E-state index < -0.39 is 0 Å². The lowest BCUT2D eigenvalue weighted by Gasteiger charge is -2.09. The van der Waals surface area contributed by atoms with Crippen LogP contribution in [0.4, 0.5) is 5.69 Å². The first-order valence-corrected chi connectivity index (χ1v) is 7.46. The second-order valence-electron chi connectivity index (χ2n) is 4.33. The zero-order valence-corrected chi connectivity index (χ0v) is 13.9. The molecule has 1 heterocycles. The van der Waals surface area contributed by atoms with Gasteiger partial charge < -0.3 is 9.88 Å². The number of rotatable bonds is 3. The molecule has 20 heavy (non-hydrogen) atoms. The third-order valence-corrected chi connectivity index (χ3v) is 3.58. The van der Waals surface area contributed by atoms with E-state index in [4.69, 9.17) is 0 Å². The Morgan fingerprint density at radius 3 is 2.70 bits per heavy atom. The van der Waals surface area contributed by atoms with E-state index in [0.29, 0.717) is 11.3 Å². The molecule has 2 aromatic rings. The number of amides is 1. The van der Waals surface area contributed by atoms with Crippen LogP contribution in [-0.4, -0.2) is 10.5 Å². The van der Waals surface area contributed by atoms with E-state index in [0.717, 1.165) is 8.95 Å². The highest BCUT2D eigenvalue weighted by atomic mass is 79.9. The number of aryl methyl sites for hydroxylation is 1. The average molecular weight is 400 g/mol. The van der Waals surface area contributed by atoms with E-state index in [-0.39, 0.29) is 18.0 Å². The SMILES string of the molecule is Cc1cc(Br)cn(CC(=O)Nc2cccc(Br)c2)c1=O. The Balaban J connectivity index is 2.15. The molecule has 0 aliphatic heterocycles. The molecule has 0 spiro atoms. The third-order valence-electron chi connectivity index (χ3n) is 2.65. The van der Waals surface area contributed by atoms with Crippen LogP contribution in [0, 0.1) is 6.92 Å². The van der Waals surface area contributed by atoms with Gasteiger partial charge >= 0.3 is 0 Å². The summed E-state index contributed by atoms with van der Waals surface area (Å²) >= 11 is 6.65. The van der Waals surface area contributed by atoms with Crippen molar-refractivity contribution >= 4 is 43.5 Å². The maximum atomic E-state index is 12.0. The minimum absolute atomic E-state index is 0.0222. The van der Waals surface area contributed by atoms with Gasteiger partial charge in [0.25, 0.3) is 5.56 Å². The molecule has 0 fully saturated rings. The van der Waals surface area contributed by atoms with E-state index >= 15 is 0 Å². The zero-order chi connectivity index (χ0) is 14.7. The van der Waals surface area contributed by atoms with Crippen molar-refractivity contribution in [2.24, 2.45) is 0 Å². The van der Waals surface area contributed by atoms with Gasteiger partial charge in [-0.25, -0.2) is 0 Å². The highest BCUT2D eigenvalue weighted by Gasteiger charge is 2.07. The monoisotopic (exact) mass is 398 g/mol. The number of carbonyl (C=O) groups excluding carboxylic acids is 1. The van der Waals surface area contributed by atoms with Crippen molar-refractivity contribution < 1.29 is 4.79 Å². The van der Waals surface area contributed by atoms with Crippen LogP contribution in [0.25, 0.3) is 0 Å². The fraction of sp³-hybridized carbons (Fsp3) is 0.143. The van der Waals surface area contributed by atoms with Gasteiger partial charge in [0.05, 0.1) is 0 Å². The molecule has 0 unspecified atom stereocenters. The quantitative estimate of drug-likeness (QED) is 0.860. The predicted molar refractivity (Wildman–Crippen MR) is 85.9 cm³/mol. The lowest BCUT2D eigenvalue weighted by atomic mass is 10.3. The average Bonchev–Trinajstić information content (AvgIpc) is 2.35. The third kappa shape index (κ3) is 3.80. The summed E-state index contributed by atoms with van der Waals surface area (Å²) in [6.45, 7) is 1.70. The van der Waals surface area contributed by atoms with Gasteiger partial charge in [0.15, 0.2) is 0 Å². The van der Waals surface area contributed by atoms with Gasteiger partial charge in [-0.05, 0) is 47.1 Å². The summed E-state index contributed by atoms with van der Waals surface area (Å²) < 4.78 is 3.03. The van der Waals surface area contributed by atoms with Crippen molar-refractivity contribution in [1.29, 1.82) is 0 Å². The highest BCUT2D eigenvalue weighted by molar-refractivity contribution is 9.10. The molecule has 1 aromatic heterocycles. The van der Waals surface area contributed by atoms with Gasteiger partial charge in [-0.2, -0.15) is 0 Å². The van der Waals surface area contributed by atoms with E-state index in [1.165, 1.54) is 4.57 Å². The summed E-state index contributed by atoms with van der Waals surface area (Å²) in [5, 5.41) is 2.75. The molecule has 104 valence electrons. The van der Waals surface area contributed by atoms with E-state index in [2.05, 4.69) is 37.2 Å². The molecule has 6 heteroatoms. The van der Waals surface area contributed by atoms with Crippen LogP contribution in [0.3, 0.4) is 0 Å². The molecule has 0 radical (unpaired) electrons. The smallest absolute Gasteiger partial charge is 0.253 e. The fourth-order valence-corrected chi connectivity index (χ4v) is 2.77. The molecule has 0 bridgehead atoms. The molecular weight excluding hydrogens is 388 g/mol. The highest BCUT2D eigenvalue weighted by Crippen LogP contribution is 2.15. The van der Waals surface area contributed by atoms with Crippen LogP contribution in [0.2, 0.25) is 0 Å². The summed E-state index contributed by atoms with van der Waals surface area (Å²) in [6.07, 6.45) is 1.61. The summed E-state index contributed by atoms with van der Waals surface area (Å²) in [5.41, 5.74) is 1.11. The summed E-state index contributed by atoms with van der Waals surface area (Å²) in [6, 6.07) is 9.02. The van der Waals surface area contributed by atoms with Gasteiger partial charge in [-0.1, -0.05) is 22.0 Å². The van der Waals surface area contributed by atoms with Crippen molar-refractivity contribution in [3.05, 3.63) is 61.4 Å². The molecule has 4 nitrogen and oxygen atoms in total. The molecule has 0 aliphatic rings. The number of anilines is 1. The number of halogens is 2. The normalized spacial score (nSPS) is 10.3. The Labute approximate surface area is 133 Å². The number of hydrogen-bond acceptors (Lipinski definition) is 2. The number of pyridine rings is 1. The molecule has 1 amide bonds. The van der Waals surface area contributed by atoms with Crippen LogP contribution in [0.1, 0.15) is 5.56 Å². The second-order valence-corrected chi connectivity index (χ2v) is 6.16. The van der Waals surface area contributed by atoms with Gasteiger partial charge in [0.1, 0.15) is 6.54 Å². The minimum Gasteiger partial charge on any atom is -0.324 e. The molecule has 1 N–H and O–H groups in total. The number of aromatic nitrogens is 1. The Hall–Kier alpha value is -1.40. The van der Waals surface area contributed by atoms with Gasteiger partial charge in [0, 0.05) is 26.4 Å². The van der Waals surface area contributed by atoms with Crippen molar-refractivity contribution in [1.82, 2.24) is 4.57 Å². The number of carbonyl (C=O) groups is 1. The van der Waals surface area contributed by atoms with Crippen LogP contribution >= 0.6 is 31.9 Å². The van der Waals surface area contributed by atoms with Crippen molar-refractivity contribution in [3.63, 3.8) is 0 Å². The molecule has 0 atom stereocenters. The summed E-state index contributed by atoms with van der Waals surface area (Å²) in [5.74, 6) is -0.247. The molecule has 0 saturated carbocycles. The Morgan fingerprint density at radius 1 is 1.25 bits per heavy atom.